The van der Waals surface area contributed by atoms with Crippen molar-refractivity contribution in [3.05, 3.63) is 0 Å². The molecule has 0 unspecified atom stereocenters. The lowest BCUT2D eigenvalue weighted by atomic mass is 9.69. The van der Waals surface area contributed by atoms with Crippen LogP contribution in [-0.4, -0.2) is 52.5 Å². The summed E-state index contributed by atoms with van der Waals surface area (Å²) < 4.78 is 0. The molecule has 1 heterocycles. The topological polar surface area (TPSA) is 86.7 Å². The molecule has 2 rings (SSSR count). The normalized spacial score (nSPS) is 21.6. The van der Waals surface area contributed by atoms with Crippen LogP contribution in [-0.2, 0) is 14.4 Å². The van der Waals surface area contributed by atoms with Crippen LogP contribution in [0, 0.1) is 5.41 Å². The second-order valence-electron chi connectivity index (χ2n) is 4.79. The van der Waals surface area contributed by atoms with E-state index in [1.54, 1.807) is 0 Å². The van der Waals surface area contributed by atoms with Gasteiger partial charge in [-0.15, -0.1) is 11.8 Å². The Kier molecular flexibility index (Phi) is 3.79. The molecule has 0 aromatic heterocycles. The van der Waals surface area contributed by atoms with Gasteiger partial charge in [-0.05, 0) is 12.8 Å². The zero-order chi connectivity index (χ0) is 13.2. The molecule has 7 heteroatoms. The van der Waals surface area contributed by atoms with E-state index in [4.69, 9.17) is 5.11 Å². The van der Waals surface area contributed by atoms with E-state index < -0.39 is 11.4 Å². The number of nitrogens with zero attached hydrogens (tertiary/aromatic N) is 1. The average Bonchev–Trinajstić information content (AvgIpc) is 2.62. The van der Waals surface area contributed by atoms with Gasteiger partial charge < -0.3 is 15.3 Å². The maximum absolute atomic E-state index is 11.6. The van der Waals surface area contributed by atoms with Crippen molar-refractivity contribution in [2.24, 2.45) is 5.41 Å². The fourth-order valence-corrected chi connectivity index (χ4v) is 3.01. The summed E-state index contributed by atoms with van der Waals surface area (Å²) in [6.07, 6.45) is 2.12. The Hall–Kier alpha value is -1.24. The van der Waals surface area contributed by atoms with Crippen LogP contribution in [0.2, 0.25) is 0 Å². The molecular weight excluding hydrogens is 256 g/mol. The Morgan fingerprint density at radius 2 is 2.17 bits per heavy atom. The summed E-state index contributed by atoms with van der Waals surface area (Å²) in [5, 5.41) is 11.7. The first-order valence-electron chi connectivity index (χ1n) is 5.89. The van der Waals surface area contributed by atoms with Crippen LogP contribution in [0.15, 0.2) is 0 Å². The number of aliphatic carboxylic acids is 1. The fourth-order valence-electron chi connectivity index (χ4n) is 2.11. The second-order valence-corrected chi connectivity index (χ2v) is 5.74. The predicted octanol–water partition coefficient (Wildman–Crippen LogP) is -0.110. The van der Waals surface area contributed by atoms with Crippen LogP contribution >= 0.6 is 11.8 Å². The molecule has 2 fully saturated rings. The molecule has 18 heavy (non-hydrogen) atoms. The molecule has 0 atom stereocenters. The molecule has 100 valence electrons. The molecule has 0 bridgehead atoms. The smallest absolute Gasteiger partial charge is 0.311 e. The van der Waals surface area contributed by atoms with E-state index >= 15 is 0 Å². The van der Waals surface area contributed by atoms with Gasteiger partial charge in [0.2, 0.25) is 11.8 Å². The van der Waals surface area contributed by atoms with Crippen LogP contribution in [0.5, 0.6) is 0 Å². The van der Waals surface area contributed by atoms with Gasteiger partial charge in [-0.1, -0.05) is 6.42 Å². The Morgan fingerprint density at radius 1 is 1.44 bits per heavy atom. The van der Waals surface area contributed by atoms with E-state index in [0.29, 0.717) is 24.5 Å². The molecule has 2 amide bonds. The first-order chi connectivity index (χ1) is 8.53. The maximum Gasteiger partial charge on any atom is 0.311 e. The summed E-state index contributed by atoms with van der Waals surface area (Å²) in [4.78, 5) is 35.5. The molecular formula is C11H16N2O4S. The number of thioether (sulfide) groups is 1. The molecule has 1 aliphatic heterocycles. The van der Waals surface area contributed by atoms with Crippen molar-refractivity contribution in [1.29, 1.82) is 0 Å². The minimum absolute atomic E-state index is 0.0293. The van der Waals surface area contributed by atoms with Crippen LogP contribution < -0.4 is 5.32 Å². The lowest BCUT2D eigenvalue weighted by Crippen LogP contribution is -2.49. The molecule has 1 saturated carbocycles. The van der Waals surface area contributed by atoms with Crippen LogP contribution in [0.3, 0.4) is 0 Å². The van der Waals surface area contributed by atoms with Crippen molar-refractivity contribution in [2.75, 3.05) is 24.7 Å². The van der Waals surface area contributed by atoms with Crippen LogP contribution in [0.4, 0.5) is 0 Å². The monoisotopic (exact) mass is 272 g/mol. The summed E-state index contributed by atoms with van der Waals surface area (Å²) in [5.41, 5.74) is -0.778. The molecule has 0 radical (unpaired) electrons. The third-order valence-electron chi connectivity index (χ3n) is 3.55. The van der Waals surface area contributed by atoms with Crippen molar-refractivity contribution in [2.45, 2.75) is 19.3 Å². The number of carbonyl (C=O) groups is 3. The Morgan fingerprint density at radius 3 is 2.61 bits per heavy atom. The van der Waals surface area contributed by atoms with Crippen molar-refractivity contribution in [3.63, 3.8) is 0 Å². The molecule has 2 aliphatic rings. The minimum atomic E-state index is -0.846. The van der Waals surface area contributed by atoms with E-state index in [2.05, 4.69) is 5.32 Å². The van der Waals surface area contributed by atoms with Gasteiger partial charge in [-0.25, -0.2) is 0 Å². The van der Waals surface area contributed by atoms with Gasteiger partial charge in [0, 0.05) is 6.54 Å². The minimum Gasteiger partial charge on any atom is -0.481 e. The number of carboxylic acid groups (broad SMARTS) is 1. The third kappa shape index (κ3) is 2.60. The molecule has 6 nitrogen and oxygen atoms in total. The lowest BCUT2D eigenvalue weighted by molar-refractivity contribution is -0.154. The first-order valence-corrected chi connectivity index (χ1v) is 7.05. The molecule has 0 aromatic carbocycles. The van der Waals surface area contributed by atoms with Gasteiger partial charge in [0.25, 0.3) is 0 Å². The summed E-state index contributed by atoms with van der Waals surface area (Å²) in [5.74, 6) is -0.199. The number of hydrogen-bond donors (Lipinski definition) is 2. The van der Waals surface area contributed by atoms with E-state index in [9.17, 15) is 14.4 Å². The van der Waals surface area contributed by atoms with Crippen molar-refractivity contribution >= 4 is 29.5 Å². The standard InChI is InChI=1S/C11H16N2O4S/c14-8(4-13-7-18-5-9(13)15)12-6-11(10(16)17)2-1-3-11/h1-7H2,(H,12,14)(H,16,17). The highest BCUT2D eigenvalue weighted by Crippen LogP contribution is 2.40. The molecule has 1 saturated heterocycles. The Labute approximate surface area is 109 Å². The van der Waals surface area contributed by atoms with Gasteiger partial charge >= 0.3 is 5.97 Å². The van der Waals surface area contributed by atoms with Gasteiger partial charge in [0.15, 0.2) is 0 Å². The summed E-state index contributed by atoms with van der Waals surface area (Å²) in [7, 11) is 0. The number of nitrogens with one attached hydrogen (secondary N) is 1. The largest absolute Gasteiger partial charge is 0.481 e. The van der Waals surface area contributed by atoms with Crippen molar-refractivity contribution < 1.29 is 19.5 Å². The average molecular weight is 272 g/mol. The van der Waals surface area contributed by atoms with Gasteiger partial charge in [0.05, 0.1) is 17.0 Å². The quantitative estimate of drug-likeness (QED) is 0.729. The van der Waals surface area contributed by atoms with E-state index in [1.807, 2.05) is 0 Å². The highest BCUT2D eigenvalue weighted by molar-refractivity contribution is 8.00. The second kappa shape index (κ2) is 5.17. The van der Waals surface area contributed by atoms with E-state index in [-0.39, 0.29) is 24.9 Å². The zero-order valence-electron chi connectivity index (χ0n) is 9.98. The maximum atomic E-state index is 11.6. The molecule has 2 N–H and O–H groups in total. The molecule has 1 aliphatic carbocycles. The molecule has 0 aromatic rings. The van der Waals surface area contributed by atoms with Gasteiger partial charge in [0.1, 0.15) is 6.54 Å². The lowest BCUT2D eigenvalue weighted by Gasteiger charge is -2.37. The number of carboxylic acids is 1. The van der Waals surface area contributed by atoms with E-state index in [0.717, 1.165) is 6.42 Å². The predicted molar refractivity (Wildman–Crippen MR) is 66.0 cm³/mol. The van der Waals surface area contributed by atoms with Gasteiger partial charge in [-0.3, -0.25) is 14.4 Å². The zero-order valence-corrected chi connectivity index (χ0v) is 10.8. The first kappa shape index (κ1) is 13.2. The Bertz CT molecular complexity index is 381. The van der Waals surface area contributed by atoms with Crippen LogP contribution in [0.25, 0.3) is 0 Å². The number of hydrogen-bond acceptors (Lipinski definition) is 4. The fraction of sp³-hybridized carbons (Fsp3) is 0.727. The SMILES string of the molecule is O=C(CN1CSCC1=O)NCC1(C(=O)O)CCC1. The Balaban J connectivity index is 1.78. The highest BCUT2D eigenvalue weighted by atomic mass is 32.2. The highest BCUT2D eigenvalue weighted by Gasteiger charge is 2.44. The summed E-state index contributed by atoms with van der Waals surface area (Å²) >= 11 is 1.48. The summed E-state index contributed by atoms with van der Waals surface area (Å²) in [6, 6.07) is 0. The van der Waals surface area contributed by atoms with Crippen molar-refractivity contribution in [1.82, 2.24) is 10.2 Å². The number of carbonyl (C=O) groups excluding carboxylic acids is 2. The summed E-state index contributed by atoms with van der Waals surface area (Å²) in [6.45, 7) is 0.192. The third-order valence-corrected chi connectivity index (χ3v) is 4.49. The van der Waals surface area contributed by atoms with Gasteiger partial charge in [-0.2, -0.15) is 0 Å². The number of rotatable bonds is 5. The number of amides is 2. The van der Waals surface area contributed by atoms with Crippen LogP contribution in [0.1, 0.15) is 19.3 Å². The van der Waals surface area contributed by atoms with Crippen molar-refractivity contribution in [3.8, 4) is 0 Å². The van der Waals surface area contributed by atoms with E-state index in [1.165, 1.54) is 16.7 Å². The molecule has 0 spiro atoms.